The first-order chi connectivity index (χ1) is 18.7. The molecule has 13 heteroatoms. The van der Waals surface area contributed by atoms with Crippen molar-refractivity contribution in [2.75, 3.05) is 23.0 Å². The molecule has 0 amide bonds. The second kappa shape index (κ2) is 10.3. The molecule has 1 aliphatic heterocycles. The summed E-state index contributed by atoms with van der Waals surface area (Å²) < 4.78 is 37.8. The van der Waals surface area contributed by atoms with Gasteiger partial charge in [0.05, 0.1) is 41.3 Å². The molecule has 0 spiro atoms. The first kappa shape index (κ1) is 26.1. The van der Waals surface area contributed by atoms with Gasteiger partial charge in [0.15, 0.2) is 5.11 Å². The van der Waals surface area contributed by atoms with Crippen molar-refractivity contribution >= 4 is 44.4 Å². The third-order valence-corrected chi connectivity index (χ3v) is 7.05. The lowest BCUT2D eigenvalue weighted by molar-refractivity contribution is -0.384. The third kappa shape index (κ3) is 5.26. The van der Waals surface area contributed by atoms with E-state index < -0.39 is 27.0 Å². The van der Waals surface area contributed by atoms with Gasteiger partial charge in [-0.1, -0.05) is 18.2 Å². The molecule has 1 aliphatic rings. The van der Waals surface area contributed by atoms with E-state index in [0.29, 0.717) is 39.3 Å². The van der Waals surface area contributed by atoms with Crippen LogP contribution >= 0.6 is 12.2 Å². The predicted octanol–water partition coefficient (Wildman–Crippen LogP) is 4.81. The van der Waals surface area contributed by atoms with E-state index in [9.17, 15) is 18.5 Å². The number of nitro groups is 1. The number of furan rings is 1. The van der Waals surface area contributed by atoms with E-state index in [4.69, 9.17) is 21.4 Å². The van der Waals surface area contributed by atoms with Crippen LogP contribution in [0.25, 0.3) is 11.3 Å². The normalized spacial score (nSPS) is 17.1. The van der Waals surface area contributed by atoms with E-state index >= 15 is 0 Å². The number of anilines is 2. The number of para-hydroxylation sites is 1. The maximum Gasteiger partial charge on any atom is 0.280 e. The van der Waals surface area contributed by atoms with Crippen LogP contribution < -0.4 is 19.7 Å². The summed E-state index contributed by atoms with van der Waals surface area (Å²) in [5.74, 6) is 1.12. The Morgan fingerprint density at radius 2 is 1.90 bits per heavy atom. The number of hydrogen-bond acceptors (Lipinski definition) is 8. The van der Waals surface area contributed by atoms with E-state index in [0.717, 1.165) is 6.26 Å². The molecule has 0 radical (unpaired) electrons. The maximum absolute atomic E-state index is 11.8. The molecule has 1 fully saturated rings. The summed E-state index contributed by atoms with van der Waals surface area (Å²) >= 11 is 5.74. The van der Waals surface area contributed by atoms with Gasteiger partial charge in [-0.05, 0) is 54.7 Å². The van der Waals surface area contributed by atoms with Crippen molar-refractivity contribution in [3.63, 3.8) is 0 Å². The van der Waals surface area contributed by atoms with Crippen molar-refractivity contribution < 1.29 is 22.5 Å². The van der Waals surface area contributed by atoms with Crippen LogP contribution in [0.4, 0.5) is 17.1 Å². The number of rotatable bonds is 8. The zero-order valence-electron chi connectivity index (χ0n) is 20.8. The molecule has 5 rings (SSSR count). The minimum atomic E-state index is -3.54. The van der Waals surface area contributed by atoms with Gasteiger partial charge in [0.2, 0.25) is 10.0 Å². The number of methoxy groups -OCH3 is 1. The zero-order chi connectivity index (χ0) is 27.7. The molecule has 39 heavy (non-hydrogen) atoms. The molecule has 0 bridgehead atoms. The monoisotopic (exact) mass is 565 g/mol. The standard InChI is InChI=1S/C26H23N5O6S2/c1-36-23-15-16(10-11-18(23)29-39(2,34)35)30-25(24(28-26(30)38)19-8-5-6-14-27-19)22-13-12-21(37-22)17-7-3-4-9-20(17)31(32)33/h3-15,24-25,29H,1-2H3,(H,28,38). The largest absolute Gasteiger partial charge is 0.494 e. The van der Waals surface area contributed by atoms with E-state index in [2.05, 4.69) is 15.0 Å². The van der Waals surface area contributed by atoms with E-state index in [1.54, 1.807) is 60.8 Å². The van der Waals surface area contributed by atoms with Gasteiger partial charge in [0, 0.05) is 24.0 Å². The lowest BCUT2D eigenvalue weighted by Crippen LogP contribution is -2.29. The van der Waals surface area contributed by atoms with Crippen LogP contribution in [-0.4, -0.2) is 36.8 Å². The van der Waals surface area contributed by atoms with E-state index in [1.807, 2.05) is 17.0 Å². The highest BCUT2D eigenvalue weighted by Gasteiger charge is 2.43. The van der Waals surface area contributed by atoms with Crippen molar-refractivity contribution in [3.8, 4) is 17.1 Å². The Morgan fingerprint density at radius 1 is 1.13 bits per heavy atom. The van der Waals surface area contributed by atoms with Crippen molar-refractivity contribution in [1.29, 1.82) is 0 Å². The molecule has 3 heterocycles. The van der Waals surface area contributed by atoms with Crippen LogP contribution in [0.5, 0.6) is 5.75 Å². The van der Waals surface area contributed by atoms with Crippen LogP contribution in [0.15, 0.2) is 83.4 Å². The topological polar surface area (TPSA) is 140 Å². The maximum atomic E-state index is 11.8. The Hall–Kier alpha value is -4.49. The number of benzene rings is 2. The summed E-state index contributed by atoms with van der Waals surface area (Å²) in [4.78, 5) is 17.5. The molecule has 4 aromatic rings. The molecule has 0 saturated carbocycles. The minimum absolute atomic E-state index is 0.0738. The quantitative estimate of drug-likeness (QED) is 0.174. The second-order valence-electron chi connectivity index (χ2n) is 8.73. The Labute approximate surface area is 229 Å². The van der Waals surface area contributed by atoms with Crippen molar-refractivity contribution in [2.24, 2.45) is 0 Å². The average molecular weight is 566 g/mol. The molecular weight excluding hydrogens is 542 g/mol. The molecule has 2 atom stereocenters. The molecule has 2 aromatic heterocycles. The SMILES string of the molecule is COc1cc(N2C(=S)NC(c3ccccn3)C2c2ccc(-c3ccccc3[N+](=O)[O-])o2)ccc1NS(C)(=O)=O. The number of hydrogen-bond donors (Lipinski definition) is 2. The Morgan fingerprint density at radius 3 is 2.59 bits per heavy atom. The summed E-state index contributed by atoms with van der Waals surface area (Å²) in [5.41, 5.74) is 1.86. The van der Waals surface area contributed by atoms with E-state index in [1.165, 1.54) is 13.2 Å². The molecule has 2 aromatic carbocycles. The molecule has 2 unspecified atom stereocenters. The predicted molar refractivity (Wildman–Crippen MR) is 150 cm³/mol. The summed E-state index contributed by atoms with van der Waals surface area (Å²) in [7, 11) is -2.10. The number of aromatic nitrogens is 1. The Balaban J connectivity index is 1.61. The zero-order valence-corrected chi connectivity index (χ0v) is 22.4. The molecule has 0 aliphatic carbocycles. The van der Waals surface area contributed by atoms with E-state index in [-0.39, 0.29) is 11.4 Å². The Kier molecular flexibility index (Phi) is 6.93. The second-order valence-corrected chi connectivity index (χ2v) is 10.9. The smallest absolute Gasteiger partial charge is 0.280 e. The lowest BCUT2D eigenvalue weighted by atomic mass is 10.0. The van der Waals surface area contributed by atoms with Crippen molar-refractivity contribution in [2.45, 2.75) is 12.1 Å². The fraction of sp³-hybridized carbons (Fsp3) is 0.154. The summed E-state index contributed by atoms with van der Waals surface area (Å²) in [6.07, 6.45) is 2.73. The Bertz CT molecular complexity index is 1660. The summed E-state index contributed by atoms with van der Waals surface area (Å²) in [6.45, 7) is 0. The van der Waals surface area contributed by atoms with Gasteiger partial charge in [-0.15, -0.1) is 0 Å². The van der Waals surface area contributed by atoms with Crippen molar-refractivity contribution in [3.05, 3.63) is 101 Å². The molecule has 200 valence electrons. The molecular formula is C26H23N5O6S2. The highest BCUT2D eigenvalue weighted by molar-refractivity contribution is 7.92. The lowest BCUT2D eigenvalue weighted by Gasteiger charge is -2.26. The van der Waals surface area contributed by atoms with Gasteiger partial charge in [-0.2, -0.15) is 0 Å². The van der Waals surface area contributed by atoms with Crippen molar-refractivity contribution in [1.82, 2.24) is 10.3 Å². The number of pyridine rings is 1. The average Bonchev–Trinajstić information content (AvgIpc) is 3.53. The van der Waals surface area contributed by atoms with Gasteiger partial charge in [-0.25, -0.2) is 8.42 Å². The molecule has 1 saturated heterocycles. The van der Waals surface area contributed by atoms with Gasteiger partial charge in [0.1, 0.15) is 23.3 Å². The summed E-state index contributed by atoms with van der Waals surface area (Å²) in [6, 6.07) is 19.3. The third-order valence-electron chi connectivity index (χ3n) is 6.14. The van der Waals surface area contributed by atoms with Crippen LogP contribution in [0.3, 0.4) is 0 Å². The molecule has 2 N–H and O–H groups in total. The number of sulfonamides is 1. The van der Waals surface area contributed by atoms with Gasteiger partial charge in [0.25, 0.3) is 5.69 Å². The van der Waals surface area contributed by atoms with Crippen LogP contribution in [0, 0.1) is 10.1 Å². The number of nitro benzene ring substituents is 1. The first-order valence-electron chi connectivity index (χ1n) is 11.7. The molecule has 11 nitrogen and oxygen atoms in total. The number of nitrogens with zero attached hydrogens (tertiary/aromatic N) is 3. The van der Waals surface area contributed by atoms with Crippen LogP contribution in [0.1, 0.15) is 23.5 Å². The van der Waals surface area contributed by atoms with Gasteiger partial charge < -0.3 is 19.4 Å². The van der Waals surface area contributed by atoms with Crippen LogP contribution in [-0.2, 0) is 10.0 Å². The highest BCUT2D eigenvalue weighted by Crippen LogP contribution is 2.45. The highest BCUT2D eigenvalue weighted by atomic mass is 32.2. The minimum Gasteiger partial charge on any atom is -0.494 e. The number of ether oxygens (including phenoxy) is 1. The van der Waals surface area contributed by atoms with Gasteiger partial charge >= 0.3 is 0 Å². The van der Waals surface area contributed by atoms with Gasteiger partial charge in [-0.3, -0.25) is 19.8 Å². The van der Waals surface area contributed by atoms with Crippen LogP contribution in [0.2, 0.25) is 0 Å². The first-order valence-corrected chi connectivity index (χ1v) is 14.0. The summed E-state index contributed by atoms with van der Waals surface area (Å²) in [5, 5.41) is 15.3. The number of nitrogens with one attached hydrogen (secondary N) is 2. The number of thiocarbonyl (C=S) groups is 1. The fourth-order valence-corrected chi connectivity index (χ4v) is 5.45. The fourth-order valence-electron chi connectivity index (χ4n) is 4.53.